The molecule has 118 valence electrons. The number of benzene rings is 1. The first-order valence-corrected chi connectivity index (χ1v) is 7.89. The number of thioether (sulfide) groups is 1. The van der Waals surface area contributed by atoms with Gasteiger partial charge in [-0.15, -0.1) is 11.8 Å². The van der Waals surface area contributed by atoms with E-state index in [1.807, 2.05) is 19.1 Å². The second-order valence-corrected chi connectivity index (χ2v) is 6.81. The minimum Gasteiger partial charge on any atom is -0.481 e. The van der Waals surface area contributed by atoms with Crippen molar-refractivity contribution < 1.29 is 14.7 Å². The maximum absolute atomic E-state index is 12.0. The average Bonchev–Trinajstić information content (AvgIpc) is 2.45. The van der Waals surface area contributed by atoms with Gasteiger partial charge in [-0.2, -0.15) is 5.26 Å². The fourth-order valence-corrected chi connectivity index (χ4v) is 2.57. The van der Waals surface area contributed by atoms with Crippen LogP contribution in [0.5, 0.6) is 0 Å². The normalized spacial score (nSPS) is 12.3. The Hall–Kier alpha value is -2.00. The fraction of sp³-hybridized carbons (Fsp3) is 0.438. The third-order valence-electron chi connectivity index (χ3n) is 3.05. The van der Waals surface area contributed by atoms with Crippen LogP contribution in [0.4, 0.5) is 5.69 Å². The molecule has 22 heavy (non-hydrogen) atoms. The molecule has 1 atom stereocenters. The second kappa shape index (κ2) is 7.85. The van der Waals surface area contributed by atoms with Crippen LogP contribution in [0.25, 0.3) is 0 Å². The fourth-order valence-electron chi connectivity index (χ4n) is 1.62. The van der Waals surface area contributed by atoms with E-state index < -0.39 is 11.4 Å². The minimum absolute atomic E-state index is 0.0836. The van der Waals surface area contributed by atoms with E-state index in [0.29, 0.717) is 11.4 Å². The zero-order chi connectivity index (χ0) is 16.8. The maximum Gasteiger partial charge on any atom is 0.309 e. The number of nitrogens with one attached hydrogen (secondary N) is 1. The van der Waals surface area contributed by atoms with Crippen LogP contribution in [0.1, 0.15) is 27.2 Å². The summed E-state index contributed by atoms with van der Waals surface area (Å²) in [5, 5.41) is 20.6. The number of carboxylic acid groups (broad SMARTS) is 1. The number of carbonyl (C=O) groups is 2. The van der Waals surface area contributed by atoms with Crippen LogP contribution in [0, 0.1) is 22.7 Å². The van der Waals surface area contributed by atoms with E-state index in [1.54, 1.807) is 12.1 Å². The lowest BCUT2D eigenvalue weighted by atomic mass is 9.89. The molecule has 1 rings (SSSR count). The molecule has 1 amide bonds. The number of amides is 1. The molecule has 0 aliphatic rings. The lowest BCUT2D eigenvalue weighted by Crippen LogP contribution is -2.29. The lowest BCUT2D eigenvalue weighted by Gasteiger charge is -2.19. The van der Waals surface area contributed by atoms with Crippen molar-refractivity contribution in [2.45, 2.75) is 32.1 Å². The number of para-hydroxylation sites is 1. The molecule has 0 radical (unpaired) electrons. The van der Waals surface area contributed by atoms with Gasteiger partial charge in [-0.05, 0) is 32.9 Å². The molecular weight excluding hydrogens is 300 g/mol. The Bertz CT molecular complexity index is 593. The summed E-state index contributed by atoms with van der Waals surface area (Å²) in [6, 6.07) is 9.46. The van der Waals surface area contributed by atoms with Crippen LogP contribution in [0.15, 0.2) is 29.2 Å². The third kappa shape index (κ3) is 5.41. The first-order valence-electron chi connectivity index (χ1n) is 6.91. The van der Waals surface area contributed by atoms with Crippen LogP contribution in [-0.4, -0.2) is 22.7 Å². The van der Waals surface area contributed by atoms with Crippen LogP contribution >= 0.6 is 11.8 Å². The highest BCUT2D eigenvalue weighted by atomic mass is 32.2. The molecule has 1 unspecified atom stereocenters. The molecule has 0 aliphatic carbocycles. The van der Waals surface area contributed by atoms with E-state index in [2.05, 4.69) is 11.4 Å². The topological polar surface area (TPSA) is 90.2 Å². The Labute approximate surface area is 134 Å². The number of rotatable bonds is 7. The lowest BCUT2D eigenvalue weighted by molar-refractivity contribution is -0.148. The number of nitriles is 1. The SMILES string of the molecule is CC(C#N)CSc1ccccc1NC(=O)CC(C)(C)C(=O)O. The van der Waals surface area contributed by atoms with Gasteiger partial charge in [0.2, 0.25) is 5.91 Å². The monoisotopic (exact) mass is 320 g/mol. The van der Waals surface area contributed by atoms with Gasteiger partial charge in [0.05, 0.1) is 23.1 Å². The van der Waals surface area contributed by atoms with Crippen molar-refractivity contribution in [2.24, 2.45) is 11.3 Å². The van der Waals surface area contributed by atoms with Crippen molar-refractivity contribution >= 4 is 29.3 Å². The molecule has 5 nitrogen and oxygen atoms in total. The smallest absolute Gasteiger partial charge is 0.309 e. The zero-order valence-corrected chi connectivity index (χ0v) is 13.7. The van der Waals surface area contributed by atoms with Gasteiger partial charge < -0.3 is 10.4 Å². The van der Waals surface area contributed by atoms with Gasteiger partial charge in [-0.3, -0.25) is 9.59 Å². The number of nitrogens with zero attached hydrogens (tertiary/aromatic N) is 1. The number of carboxylic acids is 1. The number of aliphatic carboxylic acids is 1. The van der Waals surface area contributed by atoms with E-state index in [-0.39, 0.29) is 18.2 Å². The van der Waals surface area contributed by atoms with Gasteiger partial charge in [0.15, 0.2) is 0 Å². The van der Waals surface area contributed by atoms with Crippen molar-refractivity contribution in [1.82, 2.24) is 0 Å². The van der Waals surface area contributed by atoms with Crippen molar-refractivity contribution in [1.29, 1.82) is 5.26 Å². The Morgan fingerprint density at radius 1 is 1.41 bits per heavy atom. The number of anilines is 1. The molecule has 1 aromatic rings. The highest BCUT2D eigenvalue weighted by Crippen LogP contribution is 2.29. The van der Waals surface area contributed by atoms with Crippen LogP contribution in [-0.2, 0) is 9.59 Å². The van der Waals surface area contributed by atoms with Crippen molar-refractivity contribution in [2.75, 3.05) is 11.1 Å². The zero-order valence-electron chi connectivity index (χ0n) is 12.9. The molecular formula is C16H20N2O3S. The molecule has 0 spiro atoms. The van der Waals surface area contributed by atoms with Crippen molar-refractivity contribution in [3.63, 3.8) is 0 Å². The molecule has 6 heteroatoms. The van der Waals surface area contributed by atoms with Gasteiger partial charge in [-0.25, -0.2) is 0 Å². The van der Waals surface area contributed by atoms with E-state index in [9.17, 15) is 9.59 Å². The molecule has 0 aromatic heterocycles. The summed E-state index contributed by atoms with van der Waals surface area (Å²) in [7, 11) is 0. The van der Waals surface area contributed by atoms with E-state index in [1.165, 1.54) is 25.6 Å². The summed E-state index contributed by atoms with van der Waals surface area (Å²) >= 11 is 1.49. The molecule has 0 aliphatic heterocycles. The molecule has 1 aromatic carbocycles. The Morgan fingerprint density at radius 2 is 2.05 bits per heavy atom. The molecule has 0 saturated carbocycles. The summed E-state index contributed by atoms with van der Waals surface area (Å²) in [4.78, 5) is 24.0. The summed E-state index contributed by atoms with van der Waals surface area (Å²) in [5.74, 6) is -0.800. The molecule has 0 fully saturated rings. The molecule has 2 N–H and O–H groups in total. The average molecular weight is 320 g/mol. The quantitative estimate of drug-likeness (QED) is 0.752. The van der Waals surface area contributed by atoms with E-state index in [4.69, 9.17) is 10.4 Å². The predicted molar refractivity (Wildman–Crippen MR) is 86.6 cm³/mol. The second-order valence-electron chi connectivity index (χ2n) is 5.75. The summed E-state index contributed by atoms with van der Waals surface area (Å²) in [5.41, 5.74) is -0.467. The maximum atomic E-state index is 12.0. The van der Waals surface area contributed by atoms with E-state index in [0.717, 1.165) is 4.90 Å². The predicted octanol–water partition coefficient (Wildman–Crippen LogP) is 3.38. The van der Waals surface area contributed by atoms with Gasteiger partial charge in [0.25, 0.3) is 0 Å². The number of hydrogen-bond donors (Lipinski definition) is 2. The van der Waals surface area contributed by atoms with Crippen molar-refractivity contribution in [3.05, 3.63) is 24.3 Å². The van der Waals surface area contributed by atoms with Crippen LogP contribution in [0.3, 0.4) is 0 Å². The van der Waals surface area contributed by atoms with Crippen LogP contribution < -0.4 is 5.32 Å². The minimum atomic E-state index is -1.11. The first-order chi connectivity index (χ1) is 10.3. The summed E-state index contributed by atoms with van der Waals surface area (Å²) in [6.45, 7) is 4.87. The van der Waals surface area contributed by atoms with E-state index >= 15 is 0 Å². The van der Waals surface area contributed by atoms with Crippen molar-refractivity contribution in [3.8, 4) is 6.07 Å². The third-order valence-corrected chi connectivity index (χ3v) is 4.39. The standard InChI is InChI=1S/C16H20N2O3S/c1-11(9-17)10-22-13-7-5-4-6-12(13)18-14(19)8-16(2,3)15(20)21/h4-7,11H,8,10H2,1-3H3,(H,18,19)(H,20,21). The molecule has 0 heterocycles. The summed E-state index contributed by atoms with van der Waals surface area (Å²) < 4.78 is 0. The van der Waals surface area contributed by atoms with Gasteiger partial charge in [-0.1, -0.05) is 12.1 Å². The first kappa shape index (κ1) is 18.1. The number of carbonyl (C=O) groups excluding carboxylic acids is 1. The highest BCUT2D eigenvalue weighted by Gasteiger charge is 2.30. The number of hydrogen-bond acceptors (Lipinski definition) is 4. The van der Waals surface area contributed by atoms with Gasteiger partial charge >= 0.3 is 5.97 Å². The highest BCUT2D eigenvalue weighted by molar-refractivity contribution is 7.99. The Morgan fingerprint density at radius 3 is 2.64 bits per heavy atom. The Balaban J connectivity index is 2.75. The Kier molecular flexibility index (Phi) is 6.44. The van der Waals surface area contributed by atoms with Gasteiger partial charge in [0, 0.05) is 17.1 Å². The summed E-state index contributed by atoms with van der Waals surface area (Å²) in [6.07, 6.45) is -0.101. The van der Waals surface area contributed by atoms with Crippen LogP contribution in [0.2, 0.25) is 0 Å². The molecule has 0 bridgehead atoms. The van der Waals surface area contributed by atoms with Gasteiger partial charge in [0.1, 0.15) is 0 Å². The largest absolute Gasteiger partial charge is 0.481 e. The molecule has 0 saturated heterocycles.